The molecule has 17 heavy (non-hydrogen) atoms. The normalized spacial score (nSPS) is 20.4. The predicted octanol–water partition coefficient (Wildman–Crippen LogP) is 0.412. The van der Waals surface area contributed by atoms with E-state index in [0.717, 1.165) is 19.5 Å². The van der Waals surface area contributed by atoms with Crippen LogP contribution in [0.4, 0.5) is 0 Å². The molecule has 1 aliphatic heterocycles. The Labute approximate surface area is 98.2 Å². The molecule has 2 N–H and O–H groups in total. The van der Waals surface area contributed by atoms with Gasteiger partial charge in [0, 0.05) is 12.6 Å². The maximum Gasteiger partial charge on any atom is 0.371 e. The molecular formula is C11H14N2O4. The molecule has 1 atom stereocenters. The number of furan rings is 1. The highest BCUT2D eigenvalue weighted by molar-refractivity contribution is 5.93. The lowest BCUT2D eigenvalue weighted by Crippen LogP contribution is -2.36. The van der Waals surface area contributed by atoms with Crippen LogP contribution in [0, 0.1) is 0 Å². The Bertz CT molecular complexity index is 440. The molecule has 0 aliphatic carbocycles. The number of likely N-dealkylation sites (N-methyl/N-ethyl adjacent to an activating group) is 1. The van der Waals surface area contributed by atoms with Crippen LogP contribution in [0.5, 0.6) is 0 Å². The van der Waals surface area contributed by atoms with Crippen molar-refractivity contribution < 1.29 is 19.1 Å². The Balaban J connectivity index is 1.97. The first-order valence-corrected chi connectivity index (χ1v) is 5.39. The van der Waals surface area contributed by atoms with Gasteiger partial charge in [-0.3, -0.25) is 4.79 Å². The number of carboxylic acids is 1. The average Bonchev–Trinajstić information content (AvgIpc) is 2.86. The molecule has 6 nitrogen and oxygen atoms in total. The number of likely N-dealkylation sites (tertiary alicyclic amines) is 1. The first-order valence-electron chi connectivity index (χ1n) is 5.39. The van der Waals surface area contributed by atoms with E-state index in [1.54, 1.807) is 0 Å². The topological polar surface area (TPSA) is 82.8 Å². The number of carbonyl (C=O) groups is 2. The van der Waals surface area contributed by atoms with Gasteiger partial charge in [0.25, 0.3) is 5.91 Å². The number of hydrogen-bond donors (Lipinski definition) is 2. The molecule has 0 bridgehead atoms. The molecule has 1 unspecified atom stereocenters. The number of nitrogens with zero attached hydrogens (tertiary/aromatic N) is 1. The zero-order valence-electron chi connectivity index (χ0n) is 9.47. The second-order valence-corrected chi connectivity index (χ2v) is 4.19. The molecule has 2 rings (SSSR count). The van der Waals surface area contributed by atoms with Crippen LogP contribution in [-0.4, -0.2) is 48.1 Å². The van der Waals surface area contributed by atoms with Crippen molar-refractivity contribution in [2.24, 2.45) is 0 Å². The predicted molar refractivity (Wildman–Crippen MR) is 59.0 cm³/mol. The third-order valence-electron chi connectivity index (χ3n) is 2.77. The number of nitrogens with one attached hydrogen (secondary N) is 1. The molecule has 2 heterocycles. The number of amides is 1. The fraction of sp³-hybridized carbons (Fsp3) is 0.455. The van der Waals surface area contributed by atoms with Crippen molar-refractivity contribution in [3.63, 3.8) is 0 Å². The largest absolute Gasteiger partial charge is 0.475 e. The SMILES string of the molecule is CN1CCC(NC(=O)c2ccc(C(=O)O)o2)C1. The summed E-state index contributed by atoms with van der Waals surface area (Å²) < 4.78 is 4.92. The molecule has 1 amide bonds. The fourth-order valence-electron chi connectivity index (χ4n) is 1.88. The van der Waals surface area contributed by atoms with E-state index >= 15 is 0 Å². The summed E-state index contributed by atoms with van der Waals surface area (Å²) in [7, 11) is 1.99. The van der Waals surface area contributed by atoms with Crippen LogP contribution in [0.2, 0.25) is 0 Å². The lowest BCUT2D eigenvalue weighted by Gasteiger charge is -2.11. The van der Waals surface area contributed by atoms with Crippen LogP contribution >= 0.6 is 0 Å². The van der Waals surface area contributed by atoms with Crippen LogP contribution < -0.4 is 5.32 Å². The molecular weight excluding hydrogens is 224 g/mol. The number of aromatic carboxylic acids is 1. The van der Waals surface area contributed by atoms with Gasteiger partial charge in [-0.25, -0.2) is 4.79 Å². The van der Waals surface area contributed by atoms with Gasteiger partial charge in [0.15, 0.2) is 5.76 Å². The smallest absolute Gasteiger partial charge is 0.371 e. The molecule has 0 aromatic carbocycles. The molecule has 0 spiro atoms. The van der Waals surface area contributed by atoms with Gasteiger partial charge in [0.2, 0.25) is 5.76 Å². The van der Waals surface area contributed by atoms with Crippen LogP contribution in [0.1, 0.15) is 27.5 Å². The molecule has 1 saturated heterocycles. The molecule has 1 fully saturated rings. The monoisotopic (exact) mass is 238 g/mol. The van der Waals surface area contributed by atoms with E-state index < -0.39 is 5.97 Å². The Morgan fingerprint density at radius 3 is 2.71 bits per heavy atom. The summed E-state index contributed by atoms with van der Waals surface area (Å²) >= 11 is 0. The summed E-state index contributed by atoms with van der Waals surface area (Å²) in [5.74, 6) is -1.72. The highest BCUT2D eigenvalue weighted by Gasteiger charge is 2.23. The number of carbonyl (C=O) groups excluding carboxylic acids is 1. The van der Waals surface area contributed by atoms with Gasteiger partial charge in [0.05, 0.1) is 0 Å². The standard InChI is InChI=1S/C11H14N2O4/c1-13-5-4-7(6-13)12-10(14)8-2-3-9(17-8)11(15)16/h2-3,7H,4-6H2,1H3,(H,12,14)(H,15,16). The number of carboxylic acid groups (broad SMARTS) is 1. The van der Waals surface area contributed by atoms with E-state index in [1.165, 1.54) is 12.1 Å². The second-order valence-electron chi connectivity index (χ2n) is 4.19. The van der Waals surface area contributed by atoms with Crippen LogP contribution in [0.15, 0.2) is 16.5 Å². The molecule has 0 radical (unpaired) electrons. The maximum absolute atomic E-state index is 11.7. The van der Waals surface area contributed by atoms with E-state index in [1.807, 2.05) is 7.05 Å². The summed E-state index contributed by atoms with van der Waals surface area (Å²) in [6, 6.07) is 2.75. The minimum absolute atomic E-state index is 0.0388. The van der Waals surface area contributed by atoms with Crippen molar-refractivity contribution in [3.8, 4) is 0 Å². The Morgan fingerprint density at radius 2 is 2.18 bits per heavy atom. The van der Waals surface area contributed by atoms with E-state index in [4.69, 9.17) is 9.52 Å². The zero-order valence-corrected chi connectivity index (χ0v) is 9.47. The van der Waals surface area contributed by atoms with Crippen molar-refractivity contribution in [3.05, 3.63) is 23.7 Å². The van der Waals surface area contributed by atoms with Crippen molar-refractivity contribution in [2.75, 3.05) is 20.1 Å². The minimum Gasteiger partial charge on any atom is -0.475 e. The molecule has 6 heteroatoms. The lowest BCUT2D eigenvalue weighted by atomic mass is 10.2. The van der Waals surface area contributed by atoms with Gasteiger partial charge < -0.3 is 19.7 Å². The minimum atomic E-state index is -1.18. The first-order chi connectivity index (χ1) is 8.06. The number of hydrogen-bond acceptors (Lipinski definition) is 4. The van der Waals surface area contributed by atoms with Crippen LogP contribution in [0.25, 0.3) is 0 Å². The Hall–Kier alpha value is -1.82. The van der Waals surface area contributed by atoms with Crippen molar-refractivity contribution in [1.29, 1.82) is 0 Å². The third kappa shape index (κ3) is 2.65. The van der Waals surface area contributed by atoms with Crippen molar-refractivity contribution >= 4 is 11.9 Å². The van der Waals surface area contributed by atoms with Crippen molar-refractivity contribution in [2.45, 2.75) is 12.5 Å². The number of rotatable bonds is 3. The van der Waals surface area contributed by atoms with E-state index in [-0.39, 0.29) is 23.5 Å². The summed E-state index contributed by atoms with van der Waals surface area (Å²) in [5, 5.41) is 11.5. The molecule has 1 aromatic heterocycles. The molecule has 1 aromatic rings. The van der Waals surface area contributed by atoms with Gasteiger partial charge in [-0.1, -0.05) is 0 Å². The summed E-state index contributed by atoms with van der Waals surface area (Å²) in [4.78, 5) is 24.4. The van der Waals surface area contributed by atoms with Crippen molar-refractivity contribution in [1.82, 2.24) is 10.2 Å². The Morgan fingerprint density at radius 1 is 1.47 bits per heavy atom. The third-order valence-corrected chi connectivity index (χ3v) is 2.77. The molecule has 92 valence electrons. The Kier molecular flexibility index (Phi) is 3.14. The van der Waals surface area contributed by atoms with Gasteiger partial charge in [-0.2, -0.15) is 0 Å². The highest BCUT2D eigenvalue weighted by Crippen LogP contribution is 2.10. The average molecular weight is 238 g/mol. The summed E-state index contributed by atoms with van der Waals surface area (Å²) in [6.45, 7) is 1.75. The maximum atomic E-state index is 11.7. The van der Waals surface area contributed by atoms with Crippen LogP contribution in [-0.2, 0) is 0 Å². The highest BCUT2D eigenvalue weighted by atomic mass is 16.4. The summed E-state index contributed by atoms with van der Waals surface area (Å²) in [5.41, 5.74) is 0. The second kappa shape index (κ2) is 4.58. The first kappa shape index (κ1) is 11.7. The van der Waals surface area contributed by atoms with Gasteiger partial charge >= 0.3 is 5.97 Å². The quantitative estimate of drug-likeness (QED) is 0.797. The fourth-order valence-corrected chi connectivity index (χ4v) is 1.88. The summed E-state index contributed by atoms with van der Waals surface area (Å²) in [6.07, 6.45) is 0.898. The van der Waals surface area contributed by atoms with Gasteiger partial charge in [-0.15, -0.1) is 0 Å². The lowest BCUT2D eigenvalue weighted by molar-refractivity contribution is 0.0659. The molecule has 0 saturated carbocycles. The van der Waals surface area contributed by atoms with Crippen LogP contribution in [0.3, 0.4) is 0 Å². The van der Waals surface area contributed by atoms with Gasteiger partial charge in [-0.05, 0) is 32.1 Å². The van der Waals surface area contributed by atoms with E-state index in [9.17, 15) is 9.59 Å². The molecule has 1 aliphatic rings. The van der Waals surface area contributed by atoms with E-state index in [0.29, 0.717) is 0 Å². The van der Waals surface area contributed by atoms with E-state index in [2.05, 4.69) is 10.2 Å². The zero-order chi connectivity index (χ0) is 12.4. The van der Waals surface area contributed by atoms with Gasteiger partial charge in [0.1, 0.15) is 0 Å².